The van der Waals surface area contributed by atoms with Gasteiger partial charge in [-0.1, -0.05) is 15.9 Å². The standard InChI is InChI=1S/C13H15Br2NO2/c1-8-6-16(7-9(2)18-8)13(17)11-5-10(14)3-4-12(11)15/h3-5,8-9H,6-7H2,1-2H3. The van der Waals surface area contributed by atoms with Crippen LogP contribution in [0.25, 0.3) is 0 Å². The number of amides is 1. The molecule has 3 nitrogen and oxygen atoms in total. The molecule has 0 spiro atoms. The minimum Gasteiger partial charge on any atom is -0.372 e. The molecule has 0 aliphatic carbocycles. The molecule has 1 aromatic carbocycles. The lowest BCUT2D eigenvalue weighted by Crippen LogP contribution is -2.48. The van der Waals surface area contributed by atoms with E-state index in [9.17, 15) is 4.79 Å². The zero-order valence-electron chi connectivity index (χ0n) is 10.3. The van der Waals surface area contributed by atoms with Crippen LogP contribution in [0.2, 0.25) is 0 Å². The second-order valence-electron chi connectivity index (χ2n) is 4.59. The summed E-state index contributed by atoms with van der Waals surface area (Å²) in [5.74, 6) is 0.0465. The summed E-state index contributed by atoms with van der Waals surface area (Å²) in [5.41, 5.74) is 0.686. The van der Waals surface area contributed by atoms with Crippen LogP contribution >= 0.6 is 31.9 Å². The lowest BCUT2D eigenvalue weighted by atomic mass is 10.1. The van der Waals surface area contributed by atoms with E-state index in [1.165, 1.54) is 0 Å². The Labute approximate surface area is 124 Å². The number of hydrogen-bond acceptors (Lipinski definition) is 2. The van der Waals surface area contributed by atoms with Crippen molar-refractivity contribution in [3.63, 3.8) is 0 Å². The average molecular weight is 377 g/mol. The SMILES string of the molecule is CC1CN(C(=O)c2cc(Br)ccc2Br)CC(C)O1. The fraction of sp³-hybridized carbons (Fsp3) is 0.462. The van der Waals surface area contributed by atoms with Gasteiger partial charge in [-0.15, -0.1) is 0 Å². The molecule has 1 aromatic rings. The molecule has 1 saturated heterocycles. The smallest absolute Gasteiger partial charge is 0.255 e. The number of benzene rings is 1. The Morgan fingerprint density at radius 1 is 1.28 bits per heavy atom. The molecule has 2 unspecified atom stereocenters. The highest BCUT2D eigenvalue weighted by Crippen LogP contribution is 2.24. The van der Waals surface area contributed by atoms with Gasteiger partial charge in [0.1, 0.15) is 0 Å². The van der Waals surface area contributed by atoms with Crippen molar-refractivity contribution < 1.29 is 9.53 Å². The van der Waals surface area contributed by atoms with E-state index in [-0.39, 0.29) is 18.1 Å². The number of carbonyl (C=O) groups is 1. The van der Waals surface area contributed by atoms with Crippen molar-refractivity contribution in [1.29, 1.82) is 0 Å². The molecule has 1 fully saturated rings. The van der Waals surface area contributed by atoms with Crippen molar-refractivity contribution in [2.24, 2.45) is 0 Å². The molecule has 98 valence electrons. The van der Waals surface area contributed by atoms with Crippen LogP contribution < -0.4 is 0 Å². The van der Waals surface area contributed by atoms with Gasteiger partial charge in [0, 0.05) is 22.0 Å². The first-order chi connectivity index (χ1) is 8.47. The fourth-order valence-corrected chi connectivity index (χ4v) is 2.95. The number of hydrogen-bond donors (Lipinski definition) is 0. The molecule has 1 heterocycles. The summed E-state index contributed by atoms with van der Waals surface area (Å²) in [7, 11) is 0. The van der Waals surface area contributed by atoms with Gasteiger partial charge in [-0.2, -0.15) is 0 Å². The van der Waals surface area contributed by atoms with Crippen molar-refractivity contribution in [3.05, 3.63) is 32.7 Å². The van der Waals surface area contributed by atoms with E-state index in [2.05, 4.69) is 31.9 Å². The van der Waals surface area contributed by atoms with Gasteiger partial charge in [-0.3, -0.25) is 4.79 Å². The first kappa shape index (κ1) is 14.0. The van der Waals surface area contributed by atoms with Crippen LogP contribution in [0.15, 0.2) is 27.1 Å². The quantitative estimate of drug-likeness (QED) is 0.751. The summed E-state index contributed by atoms with van der Waals surface area (Å²) in [6.45, 7) is 5.27. The van der Waals surface area contributed by atoms with E-state index in [1.54, 1.807) is 0 Å². The minimum atomic E-state index is 0.0465. The molecule has 1 aliphatic heterocycles. The van der Waals surface area contributed by atoms with E-state index in [1.807, 2.05) is 36.9 Å². The third kappa shape index (κ3) is 3.13. The summed E-state index contributed by atoms with van der Waals surface area (Å²) < 4.78 is 7.37. The molecule has 18 heavy (non-hydrogen) atoms. The Hall–Kier alpha value is -0.390. The Morgan fingerprint density at radius 2 is 1.89 bits per heavy atom. The van der Waals surface area contributed by atoms with E-state index in [0.717, 1.165) is 8.95 Å². The largest absolute Gasteiger partial charge is 0.372 e. The van der Waals surface area contributed by atoms with E-state index >= 15 is 0 Å². The first-order valence-corrected chi connectivity index (χ1v) is 7.45. The number of halogens is 2. The predicted octanol–water partition coefficient (Wildman–Crippen LogP) is 3.46. The van der Waals surface area contributed by atoms with Crippen LogP contribution in [-0.4, -0.2) is 36.1 Å². The van der Waals surface area contributed by atoms with Crippen molar-refractivity contribution in [3.8, 4) is 0 Å². The summed E-state index contributed by atoms with van der Waals surface area (Å²) in [5, 5.41) is 0. The maximum atomic E-state index is 12.5. The van der Waals surface area contributed by atoms with Crippen LogP contribution in [0.5, 0.6) is 0 Å². The molecule has 2 rings (SSSR count). The van der Waals surface area contributed by atoms with Gasteiger partial charge >= 0.3 is 0 Å². The van der Waals surface area contributed by atoms with E-state index < -0.39 is 0 Å². The highest BCUT2D eigenvalue weighted by molar-refractivity contribution is 9.11. The monoisotopic (exact) mass is 375 g/mol. The number of morpholine rings is 1. The molecule has 2 atom stereocenters. The van der Waals surface area contributed by atoms with Crippen LogP contribution in [0, 0.1) is 0 Å². The number of nitrogens with zero attached hydrogens (tertiary/aromatic N) is 1. The van der Waals surface area contributed by atoms with Crippen LogP contribution in [0.1, 0.15) is 24.2 Å². The molecular weight excluding hydrogens is 362 g/mol. The highest BCUT2D eigenvalue weighted by Gasteiger charge is 2.27. The van der Waals surface area contributed by atoms with Crippen LogP contribution in [0.4, 0.5) is 0 Å². The first-order valence-electron chi connectivity index (χ1n) is 5.87. The molecule has 1 amide bonds. The van der Waals surface area contributed by atoms with Gasteiger partial charge in [-0.05, 0) is 48.0 Å². The fourth-order valence-electron chi connectivity index (χ4n) is 2.18. The molecule has 0 saturated carbocycles. The Bertz CT molecular complexity index is 454. The molecular formula is C13H15Br2NO2. The Kier molecular flexibility index (Phi) is 4.45. The van der Waals surface area contributed by atoms with Crippen LogP contribution in [0.3, 0.4) is 0 Å². The maximum Gasteiger partial charge on any atom is 0.255 e. The summed E-state index contributed by atoms with van der Waals surface area (Å²) in [6, 6.07) is 5.63. The van der Waals surface area contributed by atoms with Crippen molar-refractivity contribution in [2.45, 2.75) is 26.1 Å². The third-order valence-electron chi connectivity index (χ3n) is 2.87. The van der Waals surface area contributed by atoms with Crippen LogP contribution in [-0.2, 0) is 4.74 Å². The maximum absolute atomic E-state index is 12.5. The van der Waals surface area contributed by atoms with Gasteiger partial charge in [0.25, 0.3) is 5.91 Å². The summed E-state index contributed by atoms with van der Waals surface area (Å²) in [6.07, 6.45) is 0.173. The Morgan fingerprint density at radius 3 is 2.50 bits per heavy atom. The molecule has 5 heteroatoms. The minimum absolute atomic E-state index is 0.0465. The normalized spacial score (nSPS) is 24.1. The highest BCUT2D eigenvalue weighted by atomic mass is 79.9. The van der Waals surface area contributed by atoms with Gasteiger partial charge in [0.2, 0.25) is 0 Å². The van der Waals surface area contributed by atoms with Gasteiger partial charge in [-0.25, -0.2) is 0 Å². The van der Waals surface area contributed by atoms with Gasteiger partial charge < -0.3 is 9.64 Å². The summed E-state index contributed by atoms with van der Waals surface area (Å²) >= 11 is 6.82. The van der Waals surface area contributed by atoms with Gasteiger partial charge in [0.15, 0.2) is 0 Å². The second-order valence-corrected chi connectivity index (χ2v) is 6.36. The molecule has 1 aliphatic rings. The molecule has 0 N–H and O–H groups in total. The van der Waals surface area contributed by atoms with Crippen molar-refractivity contribution in [1.82, 2.24) is 4.90 Å². The molecule has 0 radical (unpaired) electrons. The van der Waals surface area contributed by atoms with Crippen molar-refractivity contribution >= 4 is 37.8 Å². The second kappa shape index (κ2) is 5.72. The zero-order chi connectivity index (χ0) is 13.3. The topological polar surface area (TPSA) is 29.5 Å². The Balaban J connectivity index is 2.22. The zero-order valence-corrected chi connectivity index (χ0v) is 13.5. The lowest BCUT2D eigenvalue weighted by Gasteiger charge is -2.35. The predicted molar refractivity (Wildman–Crippen MR) is 77.8 cm³/mol. The number of ether oxygens (including phenoxy) is 1. The van der Waals surface area contributed by atoms with Gasteiger partial charge in [0.05, 0.1) is 17.8 Å². The number of rotatable bonds is 1. The molecule has 0 bridgehead atoms. The third-order valence-corrected chi connectivity index (χ3v) is 4.05. The van der Waals surface area contributed by atoms with Crippen molar-refractivity contribution in [2.75, 3.05) is 13.1 Å². The average Bonchev–Trinajstić information content (AvgIpc) is 2.30. The number of carbonyl (C=O) groups excluding carboxylic acids is 1. The van der Waals surface area contributed by atoms with E-state index in [0.29, 0.717) is 18.7 Å². The summed E-state index contributed by atoms with van der Waals surface area (Å²) in [4.78, 5) is 14.3. The molecule has 0 aromatic heterocycles. The lowest BCUT2D eigenvalue weighted by molar-refractivity contribution is -0.0586. The van der Waals surface area contributed by atoms with E-state index in [4.69, 9.17) is 4.74 Å².